The molecule has 1 aromatic heterocycles. The van der Waals surface area contributed by atoms with E-state index in [2.05, 4.69) is 23.5 Å². The van der Waals surface area contributed by atoms with Crippen LogP contribution >= 0.6 is 0 Å². The molecule has 0 bridgehead atoms. The molecule has 5 nitrogen and oxygen atoms in total. The highest BCUT2D eigenvalue weighted by Gasteiger charge is 2.23. The van der Waals surface area contributed by atoms with E-state index in [1.54, 1.807) is 6.20 Å². The SMILES string of the molecule is CCOC(=O)C(Cc1cccc(C)c1)Nc1ncc(-c2ccccc2)nc1Cc1ccccc1. The summed E-state index contributed by atoms with van der Waals surface area (Å²) in [6.45, 7) is 4.18. The Morgan fingerprint density at radius 3 is 2.35 bits per heavy atom. The van der Waals surface area contributed by atoms with Crippen LogP contribution in [0.5, 0.6) is 0 Å². The van der Waals surface area contributed by atoms with E-state index in [9.17, 15) is 4.79 Å². The van der Waals surface area contributed by atoms with Crippen molar-refractivity contribution in [1.82, 2.24) is 9.97 Å². The first-order valence-corrected chi connectivity index (χ1v) is 11.6. The van der Waals surface area contributed by atoms with Gasteiger partial charge in [-0.1, -0.05) is 90.5 Å². The zero-order valence-electron chi connectivity index (χ0n) is 19.6. The second-order valence-electron chi connectivity index (χ2n) is 8.22. The molecule has 1 heterocycles. The third-order valence-corrected chi connectivity index (χ3v) is 5.53. The van der Waals surface area contributed by atoms with Crippen LogP contribution in [-0.2, 0) is 22.4 Å². The number of nitrogens with one attached hydrogen (secondary N) is 1. The number of benzene rings is 3. The minimum atomic E-state index is -0.576. The molecular formula is C29H29N3O2. The number of anilines is 1. The van der Waals surface area contributed by atoms with Crippen molar-refractivity contribution in [3.63, 3.8) is 0 Å². The Bertz CT molecular complexity index is 1230. The summed E-state index contributed by atoms with van der Waals surface area (Å²) >= 11 is 0. The fourth-order valence-corrected chi connectivity index (χ4v) is 3.88. The van der Waals surface area contributed by atoms with Crippen molar-refractivity contribution in [3.05, 3.63) is 114 Å². The molecule has 0 aliphatic heterocycles. The number of esters is 1. The van der Waals surface area contributed by atoms with Crippen LogP contribution in [0.25, 0.3) is 11.3 Å². The van der Waals surface area contributed by atoms with Crippen molar-refractivity contribution in [2.24, 2.45) is 0 Å². The van der Waals surface area contributed by atoms with Gasteiger partial charge in [-0.05, 0) is 25.0 Å². The molecule has 0 aliphatic carbocycles. The topological polar surface area (TPSA) is 64.1 Å². The fraction of sp³-hybridized carbons (Fsp3) is 0.207. The van der Waals surface area contributed by atoms with Gasteiger partial charge >= 0.3 is 5.97 Å². The monoisotopic (exact) mass is 451 g/mol. The van der Waals surface area contributed by atoms with Crippen molar-refractivity contribution in [2.75, 3.05) is 11.9 Å². The summed E-state index contributed by atoms with van der Waals surface area (Å²) in [4.78, 5) is 22.5. The molecule has 0 fully saturated rings. The fourth-order valence-electron chi connectivity index (χ4n) is 3.88. The molecule has 1 N–H and O–H groups in total. The number of ether oxygens (including phenoxy) is 1. The van der Waals surface area contributed by atoms with E-state index in [1.165, 1.54) is 0 Å². The van der Waals surface area contributed by atoms with Crippen LogP contribution in [0.4, 0.5) is 5.82 Å². The first-order chi connectivity index (χ1) is 16.6. The van der Waals surface area contributed by atoms with Gasteiger partial charge in [-0.25, -0.2) is 14.8 Å². The molecule has 0 saturated heterocycles. The molecule has 4 rings (SSSR count). The molecule has 1 atom stereocenters. The first kappa shape index (κ1) is 23.2. The Morgan fingerprint density at radius 1 is 0.941 bits per heavy atom. The Kier molecular flexibility index (Phi) is 7.66. The maximum atomic E-state index is 12.9. The Labute approximate surface area is 200 Å². The summed E-state index contributed by atoms with van der Waals surface area (Å²) < 4.78 is 5.38. The minimum absolute atomic E-state index is 0.302. The van der Waals surface area contributed by atoms with Gasteiger partial charge in [-0.15, -0.1) is 0 Å². The highest BCUT2D eigenvalue weighted by Crippen LogP contribution is 2.23. The summed E-state index contributed by atoms with van der Waals surface area (Å²) in [6, 6.07) is 27.7. The van der Waals surface area contributed by atoms with Gasteiger partial charge in [0.25, 0.3) is 0 Å². The lowest BCUT2D eigenvalue weighted by Gasteiger charge is -2.20. The maximum Gasteiger partial charge on any atom is 0.328 e. The number of aryl methyl sites for hydroxylation is 1. The van der Waals surface area contributed by atoms with E-state index in [1.807, 2.05) is 80.6 Å². The lowest BCUT2D eigenvalue weighted by molar-refractivity contribution is -0.144. The van der Waals surface area contributed by atoms with E-state index in [0.29, 0.717) is 25.3 Å². The molecule has 5 heteroatoms. The number of hydrogen-bond acceptors (Lipinski definition) is 5. The normalized spacial score (nSPS) is 11.6. The predicted molar refractivity (Wildman–Crippen MR) is 136 cm³/mol. The summed E-state index contributed by atoms with van der Waals surface area (Å²) in [5.74, 6) is 0.290. The third-order valence-electron chi connectivity index (χ3n) is 5.53. The molecule has 34 heavy (non-hydrogen) atoms. The maximum absolute atomic E-state index is 12.9. The number of nitrogens with zero attached hydrogens (tertiary/aromatic N) is 2. The quantitative estimate of drug-likeness (QED) is 0.334. The highest BCUT2D eigenvalue weighted by molar-refractivity contribution is 5.79. The standard InChI is InChI=1S/C29H29N3O2/c1-3-34-29(33)26(19-23-14-10-11-21(2)17-23)32-28-25(18-22-12-6-4-7-13-22)31-27(20-30-28)24-15-8-5-9-16-24/h4-17,20,26H,3,18-19H2,1-2H3,(H,30,32). The largest absolute Gasteiger partial charge is 0.464 e. The van der Waals surface area contributed by atoms with E-state index in [-0.39, 0.29) is 5.97 Å². The van der Waals surface area contributed by atoms with Gasteiger partial charge in [-0.2, -0.15) is 0 Å². The molecule has 0 amide bonds. The summed E-state index contributed by atoms with van der Waals surface area (Å²) in [7, 11) is 0. The molecule has 0 radical (unpaired) electrons. The molecule has 0 aliphatic rings. The van der Waals surface area contributed by atoms with Gasteiger partial charge in [-0.3, -0.25) is 0 Å². The number of carbonyl (C=O) groups is 1. The zero-order chi connectivity index (χ0) is 23.8. The van der Waals surface area contributed by atoms with Crippen LogP contribution in [0.15, 0.2) is 91.1 Å². The van der Waals surface area contributed by atoms with Crippen LogP contribution in [0.2, 0.25) is 0 Å². The Morgan fingerprint density at radius 2 is 1.65 bits per heavy atom. The minimum Gasteiger partial charge on any atom is -0.464 e. The molecule has 172 valence electrons. The predicted octanol–water partition coefficient (Wildman–Crippen LogP) is 5.63. The van der Waals surface area contributed by atoms with Crippen LogP contribution in [-0.4, -0.2) is 28.6 Å². The highest BCUT2D eigenvalue weighted by atomic mass is 16.5. The average molecular weight is 452 g/mol. The lowest BCUT2D eigenvalue weighted by atomic mass is 10.0. The van der Waals surface area contributed by atoms with E-state index in [4.69, 9.17) is 14.7 Å². The van der Waals surface area contributed by atoms with Gasteiger partial charge in [0.05, 0.1) is 24.2 Å². The van der Waals surface area contributed by atoms with E-state index >= 15 is 0 Å². The van der Waals surface area contributed by atoms with Crippen LogP contribution in [0.1, 0.15) is 29.3 Å². The number of aromatic nitrogens is 2. The summed E-state index contributed by atoms with van der Waals surface area (Å²) in [5.41, 5.74) is 5.91. The molecule has 0 saturated carbocycles. The second kappa shape index (κ2) is 11.2. The van der Waals surface area contributed by atoms with Crippen molar-refractivity contribution in [1.29, 1.82) is 0 Å². The van der Waals surface area contributed by atoms with E-state index in [0.717, 1.165) is 33.6 Å². The molecule has 4 aromatic rings. The van der Waals surface area contributed by atoms with Crippen LogP contribution in [0.3, 0.4) is 0 Å². The molecular weight excluding hydrogens is 422 g/mol. The van der Waals surface area contributed by atoms with Crippen LogP contribution in [0, 0.1) is 6.92 Å². The molecule has 3 aromatic carbocycles. The number of hydrogen-bond donors (Lipinski definition) is 1. The Balaban J connectivity index is 1.68. The van der Waals surface area contributed by atoms with Crippen molar-refractivity contribution >= 4 is 11.8 Å². The van der Waals surface area contributed by atoms with Crippen molar-refractivity contribution in [3.8, 4) is 11.3 Å². The van der Waals surface area contributed by atoms with Crippen LogP contribution < -0.4 is 5.32 Å². The molecule has 1 unspecified atom stereocenters. The van der Waals surface area contributed by atoms with Gasteiger partial charge in [0, 0.05) is 18.4 Å². The smallest absolute Gasteiger partial charge is 0.328 e. The van der Waals surface area contributed by atoms with Gasteiger partial charge < -0.3 is 10.1 Å². The third kappa shape index (κ3) is 6.07. The second-order valence-corrected chi connectivity index (χ2v) is 8.22. The zero-order valence-corrected chi connectivity index (χ0v) is 19.6. The summed E-state index contributed by atoms with van der Waals surface area (Å²) in [6.07, 6.45) is 2.84. The Hall–Kier alpha value is -3.99. The van der Waals surface area contributed by atoms with Gasteiger partial charge in [0.1, 0.15) is 11.9 Å². The van der Waals surface area contributed by atoms with Gasteiger partial charge in [0.2, 0.25) is 0 Å². The van der Waals surface area contributed by atoms with Crippen molar-refractivity contribution in [2.45, 2.75) is 32.7 Å². The average Bonchev–Trinajstić information content (AvgIpc) is 2.86. The van der Waals surface area contributed by atoms with Gasteiger partial charge in [0.15, 0.2) is 0 Å². The summed E-state index contributed by atoms with van der Waals surface area (Å²) in [5, 5.41) is 3.35. The number of carbonyl (C=O) groups excluding carboxylic acids is 1. The van der Waals surface area contributed by atoms with Crippen molar-refractivity contribution < 1.29 is 9.53 Å². The molecule has 0 spiro atoms. The van der Waals surface area contributed by atoms with E-state index < -0.39 is 6.04 Å². The lowest BCUT2D eigenvalue weighted by Crippen LogP contribution is -2.34. The number of rotatable bonds is 9. The first-order valence-electron chi connectivity index (χ1n) is 11.6.